The van der Waals surface area contributed by atoms with Crippen LogP contribution in [0.5, 0.6) is 0 Å². The molecule has 3 atom stereocenters. The second kappa shape index (κ2) is 14.1. The molecule has 2 fully saturated rings. The fourth-order valence-electron chi connectivity index (χ4n) is 5.60. The molecule has 1 unspecified atom stereocenters. The van der Waals surface area contributed by atoms with Crippen LogP contribution in [0.4, 0.5) is 8.78 Å². The average Bonchev–Trinajstić information content (AvgIpc) is 3.08. The van der Waals surface area contributed by atoms with Crippen molar-refractivity contribution in [3.05, 3.63) is 69.7 Å². The van der Waals surface area contributed by atoms with E-state index in [1.165, 1.54) is 11.6 Å². The smallest absolute Gasteiger partial charge is 0.260 e. The maximum absolute atomic E-state index is 14.0. The molecule has 2 aromatic rings. The Morgan fingerprint density at radius 1 is 1.15 bits per heavy atom. The normalized spacial score (nSPS) is 22.5. The summed E-state index contributed by atoms with van der Waals surface area (Å²) in [6.07, 6.45) is 2.32. The van der Waals surface area contributed by atoms with Gasteiger partial charge in [-0.3, -0.25) is 14.5 Å². The fraction of sp³-hybridized carbons (Fsp3) is 0.533. The van der Waals surface area contributed by atoms with Gasteiger partial charge in [0.1, 0.15) is 0 Å². The monoisotopic (exact) mass is 594 g/mol. The number of nitrogens with zero attached hydrogens (tertiary/aromatic N) is 2. The first-order valence-corrected chi connectivity index (χ1v) is 14.8. The molecule has 2 saturated heterocycles. The standard InChI is InChI=1S/C30H38Cl2F2N4O2/c1-2-21(22-7-4-3-5-8-22)19-38-16-11-24(18-35-28(39)23-9-10-25(31)26(32)17-23)36-27(29(38)40)12-15-37-14-6-13-30(33,34)20-37/h3-5,7-10,17,21,24,27,36H,2,6,11-16,18-20H2,1H3,(H,35,39)/t21?,24-,27-/m0/s1. The topological polar surface area (TPSA) is 64.7 Å². The molecule has 2 aliphatic heterocycles. The lowest BCUT2D eigenvalue weighted by atomic mass is 9.95. The highest BCUT2D eigenvalue weighted by Gasteiger charge is 2.37. The number of halogens is 4. The summed E-state index contributed by atoms with van der Waals surface area (Å²) in [5, 5.41) is 7.07. The van der Waals surface area contributed by atoms with E-state index in [1.807, 2.05) is 23.1 Å². The van der Waals surface area contributed by atoms with Crippen molar-refractivity contribution in [2.24, 2.45) is 0 Å². The number of hydrogen-bond donors (Lipinski definition) is 2. The lowest BCUT2D eigenvalue weighted by molar-refractivity contribution is -0.133. The molecule has 6 nitrogen and oxygen atoms in total. The second-order valence-electron chi connectivity index (χ2n) is 10.9. The van der Waals surface area contributed by atoms with Crippen molar-refractivity contribution < 1.29 is 18.4 Å². The maximum Gasteiger partial charge on any atom is 0.260 e. The number of nitrogens with one attached hydrogen (secondary N) is 2. The minimum absolute atomic E-state index is 0.0172. The third-order valence-corrected chi connectivity index (χ3v) is 8.63. The summed E-state index contributed by atoms with van der Waals surface area (Å²) in [5.41, 5.74) is 1.59. The molecule has 2 amide bonds. The number of alkyl halides is 2. The van der Waals surface area contributed by atoms with Gasteiger partial charge in [-0.25, -0.2) is 8.78 Å². The summed E-state index contributed by atoms with van der Waals surface area (Å²) >= 11 is 12.1. The van der Waals surface area contributed by atoms with E-state index in [0.717, 1.165) is 6.42 Å². The molecule has 10 heteroatoms. The molecule has 2 aliphatic rings. The Labute approximate surface area is 245 Å². The largest absolute Gasteiger partial charge is 0.350 e. The van der Waals surface area contributed by atoms with Crippen molar-refractivity contribution in [3.63, 3.8) is 0 Å². The van der Waals surface area contributed by atoms with E-state index in [-0.39, 0.29) is 36.7 Å². The molecular weight excluding hydrogens is 557 g/mol. The van der Waals surface area contributed by atoms with Gasteiger partial charge in [0.05, 0.1) is 22.6 Å². The molecule has 0 radical (unpaired) electrons. The number of carbonyl (C=O) groups excluding carboxylic acids is 2. The predicted octanol–water partition coefficient (Wildman–Crippen LogP) is 5.60. The number of hydrogen-bond acceptors (Lipinski definition) is 4. The minimum Gasteiger partial charge on any atom is -0.350 e. The summed E-state index contributed by atoms with van der Waals surface area (Å²) in [4.78, 5) is 30.2. The number of carbonyl (C=O) groups is 2. The zero-order valence-corrected chi connectivity index (χ0v) is 24.4. The summed E-state index contributed by atoms with van der Waals surface area (Å²) in [6.45, 7) is 4.30. The molecule has 2 N–H and O–H groups in total. The van der Waals surface area contributed by atoms with Crippen molar-refractivity contribution in [2.45, 2.75) is 63.0 Å². The molecule has 0 spiro atoms. The molecule has 0 saturated carbocycles. The van der Waals surface area contributed by atoms with Gasteiger partial charge in [-0.1, -0.05) is 60.5 Å². The SMILES string of the molecule is CCC(CN1CC[C@@H](CNC(=O)c2ccc(Cl)c(Cl)c2)N[C@@H](CCN2CCCC(F)(F)C2)C1=O)c1ccccc1. The molecule has 0 bridgehead atoms. The van der Waals surface area contributed by atoms with Gasteiger partial charge in [0, 0.05) is 50.1 Å². The van der Waals surface area contributed by atoms with Crippen LogP contribution in [0, 0.1) is 0 Å². The first kappa shape index (κ1) is 30.7. The third kappa shape index (κ3) is 8.38. The summed E-state index contributed by atoms with van der Waals surface area (Å²) in [6, 6.07) is 14.2. The number of benzene rings is 2. The molecule has 40 heavy (non-hydrogen) atoms. The minimum atomic E-state index is -2.69. The van der Waals surface area contributed by atoms with Crippen LogP contribution >= 0.6 is 23.2 Å². The lowest BCUT2D eigenvalue weighted by Gasteiger charge is -2.34. The van der Waals surface area contributed by atoms with Gasteiger partial charge >= 0.3 is 0 Å². The fourth-order valence-corrected chi connectivity index (χ4v) is 5.89. The number of amides is 2. The van der Waals surface area contributed by atoms with E-state index in [4.69, 9.17) is 23.2 Å². The second-order valence-corrected chi connectivity index (χ2v) is 11.7. The van der Waals surface area contributed by atoms with E-state index >= 15 is 0 Å². The number of rotatable bonds is 10. The highest BCUT2D eigenvalue weighted by molar-refractivity contribution is 6.42. The van der Waals surface area contributed by atoms with E-state index in [9.17, 15) is 18.4 Å². The van der Waals surface area contributed by atoms with Gasteiger partial charge in [-0.15, -0.1) is 0 Å². The van der Waals surface area contributed by atoms with Crippen molar-refractivity contribution in [1.82, 2.24) is 20.4 Å². The Hall–Kier alpha value is -2.26. The Bertz CT molecular complexity index is 1150. The van der Waals surface area contributed by atoms with Crippen molar-refractivity contribution in [1.29, 1.82) is 0 Å². The number of likely N-dealkylation sites (tertiary alicyclic amines) is 1. The van der Waals surface area contributed by atoms with Gasteiger partial charge < -0.3 is 15.5 Å². The first-order chi connectivity index (χ1) is 19.1. The number of piperidine rings is 1. The molecular formula is C30H38Cl2F2N4O2. The third-order valence-electron chi connectivity index (χ3n) is 7.90. The van der Waals surface area contributed by atoms with E-state index < -0.39 is 12.0 Å². The molecule has 0 aromatic heterocycles. The van der Waals surface area contributed by atoms with Crippen LogP contribution in [0.3, 0.4) is 0 Å². The van der Waals surface area contributed by atoms with E-state index in [2.05, 4.69) is 29.7 Å². The zero-order valence-electron chi connectivity index (χ0n) is 22.9. The van der Waals surface area contributed by atoms with Gasteiger partial charge in [0.15, 0.2) is 0 Å². The van der Waals surface area contributed by atoms with Crippen LogP contribution in [-0.2, 0) is 4.79 Å². The first-order valence-electron chi connectivity index (χ1n) is 14.1. The van der Waals surface area contributed by atoms with Crippen LogP contribution in [0.1, 0.15) is 60.9 Å². The molecule has 4 rings (SSSR count). The Kier molecular flexibility index (Phi) is 10.8. The molecule has 218 valence electrons. The van der Waals surface area contributed by atoms with Gasteiger partial charge in [-0.2, -0.15) is 0 Å². The van der Waals surface area contributed by atoms with Crippen LogP contribution in [0.25, 0.3) is 0 Å². The summed E-state index contributed by atoms with van der Waals surface area (Å²) in [7, 11) is 0. The van der Waals surface area contributed by atoms with Crippen molar-refractivity contribution in [2.75, 3.05) is 39.3 Å². The maximum atomic E-state index is 14.0. The highest BCUT2D eigenvalue weighted by atomic mass is 35.5. The quantitative estimate of drug-likeness (QED) is 0.376. The molecule has 2 aromatic carbocycles. The zero-order chi connectivity index (χ0) is 28.7. The predicted molar refractivity (Wildman–Crippen MR) is 155 cm³/mol. The Morgan fingerprint density at radius 2 is 1.93 bits per heavy atom. The van der Waals surface area contributed by atoms with Gasteiger partial charge in [0.2, 0.25) is 5.91 Å². The van der Waals surface area contributed by atoms with E-state index in [0.29, 0.717) is 67.6 Å². The van der Waals surface area contributed by atoms with Crippen LogP contribution in [-0.4, -0.2) is 78.9 Å². The summed E-state index contributed by atoms with van der Waals surface area (Å²) in [5.74, 6) is -2.80. The summed E-state index contributed by atoms with van der Waals surface area (Å²) < 4.78 is 28.0. The van der Waals surface area contributed by atoms with Crippen molar-refractivity contribution >= 4 is 35.0 Å². The van der Waals surface area contributed by atoms with Gasteiger partial charge in [0.25, 0.3) is 11.8 Å². The molecule has 2 heterocycles. The van der Waals surface area contributed by atoms with E-state index in [1.54, 1.807) is 17.0 Å². The highest BCUT2D eigenvalue weighted by Crippen LogP contribution is 2.27. The lowest BCUT2D eigenvalue weighted by Crippen LogP contribution is -2.51. The van der Waals surface area contributed by atoms with Crippen LogP contribution in [0.2, 0.25) is 10.0 Å². The average molecular weight is 596 g/mol. The Balaban J connectivity index is 1.44. The van der Waals surface area contributed by atoms with Crippen molar-refractivity contribution in [3.8, 4) is 0 Å². The van der Waals surface area contributed by atoms with Gasteiger partial charge in [-0.05, 0) is 56.0 Å². The van der Waals surface area contributed by atoms with Crippen LogP contribution < -0.4 is 10.6 Å². The Morgan fingerprint density at radius 3 is 2.62 bits per heavy atom. The van der Waals surface area contributed by atoms with Crippen LogP contribution in [0.15, 0.2) is 48.5 Å². The molecule has 0 aliphatic carbocycles.